The summed E-state index contributed by atoms with van der Waals surface area (Å²) in [6.07, 6.45) is 0.212. The molecule has 1 aromatic heterocycles. The van der Waals surface area contributed by atoms with Crippen molar-refractivity contribution >= 4 is 12.1 Å². The van der Waals surface area contributed by atoms with Crippen molar-refractivity contribution in [1.82, 2.24) is 24.8 Å². The Morgan fingerprint density at radius 3 is 2.56 bits per heavy atom. The molecule has 0 saturated carbocycles. The van der Waals surface area contributed by atoms with E-state index in [4.69, 9.17) is 0 Å². The van der Waals surface area contributed by atoms with Crippen molar-refractivity contribution in [2.24, 2.45) is 0 Å². The Balaban J connectivity index is 1.69. The van der Waals surface area contributed by atoms with Crippen molar-refractivity contribution in [1.29, 1.82) is 0 Å². The van der Waals surface area contributed by atoms with Gasteiger partial charge in [0, 0.05) is 30.9 Å². The Kier molecular flexibility index (Phi) is 5.31. The van der Waals surface area contributed by atoms with Gasteiger partial charge in [0.15, 0.2) is 5.82 Å². The largest absolute Gasteiger partial charge is 0.403 e. The van der Waals surface area contributed by atoms with Crippen molar-refractivity contribution in [2.45, 2.75) is 26.4 Å². The number of amides is 1. The van der Waals surface area contributed by atoms with Gasteiger partial charge in [-0.3, -0.25) is 9.80 Å². The second-order valence-electron chi connectivity index (χ2n) is 6.56. The molecule has 1 saturated heterocycles. The molecule has 1 aromatic carbocycles. The van der Waals surface area contributed by atoms with Crippen molar-refractivity contribution in [3.05, 3.63) is 41.7 Å². The third kappa shape index (κ3) is 4.94. The molecule has 1 fully saturated rings. The van der Waals surface area contributed by atoms with Crippen molar-refractivity contribution in [3.63, 3.8) is 0 Å². The fourth-order valence-corrected chi connectivity index (χ4v) is 3.09. The number of aryl methyl sites for hydroxylation is 2. The number of carbonyl (C=O) groups is 1. The van der Waals surface area contributed by atoms with E-state index in [9.17, 15) is 18.0 Å². The normalized spacial score (nSPS) is 15.8. The van der Waals surface area contributed by atoms with Crippen LogP contribution in [0, 0.1) is 13.8 Å². The van der Waals surface area contributed by atoms with E-state index in [0.717, 1.165) is 26.7 Å². The highest BCUT2D eigenvalue weighted by Crippen LogP contribution is 2.21. The lowest BCUT2D eigenvalue weighted by atomic mass is 10.1. The van der Waals surface area contributed by atoms with E-state index in [1.165, 1.54) is 23.3 Å². The minimum absolute atomic E-state index is 0.208. The Hall–Kier alpha value is -2.68. The average Bonchev–Trinajstić information content (AvgIpc) is 3.19. The van der Waals surface area contributed by atoms with E-state index in [2.05, 4.69) is 10.1 Å². The van der Waals surface area contributed by atoms with Crippen LogP contribution in [0.4, 0.5) is 13.2 Å². The number of carbonyl (C=O) groups excluding carboxylic acids is 1. The first-order valence-corrected chi connectivity index (χ1v) is 8.52. The van der Waals surface area contributed by atoms with Gasteiger partial charge in [-0.05, 0) is 32.4 Å². The minimum atomic E-state index is -4.35. The zero-order chi connectivity index (χ0) is 19.6. The van der Waals surface area contributed by atoms with Gasteiger partial charge >= 0.3 is 6.18 Å². The summed E-state index contributed by atoms with van der Waals surface area (Å²) < 4.78 is 39.2. The second-order valence-corrected chi connectivity index (χ2v) is 6.56. The molecule has 0 bridgehead atoms. The molecule has 0 unspecified atom stereocenters. The minimum Gasteiger partial charge on any atom is -0.271 e. The van der Waals surface area contributed by atoms with Crippen LogP contribution in [0.5, 0.6) is 0 Å². The lowest BCUT2D eigenvalue weighted by molar-refractivity contribution is -0.176. The molecule has 1 amide bonds. The van der Waals surface area contributed by atoms with E-state index in [1.807, 2.05) is 32.0 Å². The average molecular weight is 379 g/mol. The molecule has 0 spiro atoms. The molecule has 3 rings (SSSR count). The molecule has 27 heavy (non-hydrogen) atoms. The summed E-state index contributed by atoms with van der Waals surface area (Å²) in [5.74, 6) is -0.000954. The fourth-order valence-electron chi connectivity index (χ4n) is 3.09. The first-order chi connectivity index (χ1) is 12.7. The molecule has 0 atom stereocenters. The van der Waals surface area contributed by atoms with Crippen molar-refractivity contribution in [2.75, 3.05) is 19.6 Å². The molecule has 1 aliphatic rings. The summed E-state index contributed by atoms with van der Waals surface area (Å²) in [6, 6.07) is 5.96. The van der Waals surface area contributed by atoms with Gasteiger partial charge in [0.2, 0.25) is 0 Å². The zero-order valence-corrected chi connectivity index (χ0v) is 15.1. The number of rotatable bonds is 4. The molecule has 0 radical (unpaired) electrons. The van der Waals surface area contributed by atoms with Gasteiger partial charge in [0.1, 0.15) is 12.9 Å². The van der Waals surface area contributed by atoms with Crippen LogP contribution >= 0.6 is 0 Å². The first-order valence-electron chi connectivity index (χ1n) is 8.52. The molecular weight excluding hydrogens is 359 g/mol. The maximum absolute atomic E-state index is 12.6. The molecule has 0 N–H and O–H groups in total. The van der Waals surface area contributed by atoms with E-state index in [1.54, 1.807) is 0 Å². The molecule has 144 valence electrons. The first kappa shape index (κ1) is 19.1. The number of alkyl halides is 3. The van der Waals surface area contributed by atoms with Crippen LogP contribution < -0.4 is 0 Å². The Morgan fingerprint density at radius 2 is 1.89 bits per heavy atom. The second kappa shape index (κ2) is 7.51. The van der Waals surface area contributed by atoms with Gasteiger partial charge in [-0.25, -0.2) is 14.7 Å². The zero-order valence-electron chi connectivity index (χ0n) is 15.1. The summed E-state index contributed by atoms with van der Waals surface area (Å²) in [6.45, 7) is 3.31. The molecule has 0 aliphatic carbocycles. The predicted octanol–water partition coefficient (Wildman–Crippen LogP) is 3.04. The van der Waals surface area contributed by atoms with Crippen LogP contribution in [0.15, 0.2) is 30.6 Å². The standard InChI is InChI=1S/C18H20F3N5O/c1-13-8-14(2)10-15(9-13)17-22-12-24(23-17)7-4-16(27)26-6-3-5-25(26)11-18(19,20)21/h4,7-10,12H,3,5-6,11H2,1-2H3/b7-4-. The SMILES string of the molecule is Cc1cc(C)cc(-c2ncn(/C=C\C(=O)N3CCCN3CC(F)(F)F)n2)c1. The lowest BCUT2D eigenvalue weighted by Crippen LogP contribution is -2.45. The van der Waals surface area contributed by atoms with Crippen LogP contribution in [0.3, 0.4) is 0 Å². The summed E-state index contributed by atoms with van der Waals surface area (Å²) >= 11 is 0. The lowest BCUT2D eigenvalue weighted by Gasteiger charge is -2.27. The molecule has 9 heteroatoms. The van der Waals surface area contributed by atoms with Crippen LogP contribution in [0.2, 0.25) is 0 Å². The van der Waals surface area contributed by atoms with Gasteiger partial charge in [-0.1, -0.05) is 17.2 Å². The fraction of sp³-hybridized carbons (Fsp3) is 0.389. The number of nitrogens with zero attached hydrogens (tertiary/aromatic N) is 5. The predicted molar refractivity (Wildman–Crippen MR) is 94.2 cm³/mol. The van der Waals surface area contributed by atoms with Crippen LogP contribution in [0.25, 0.3) is 17.6 Å². The van der Waals surface area contributed by atoms with E-state index >= 15 is 0 Å². The number of halogens is 3. The van der Waals surface area contributed by atoms with Crippen LogP contribution in [0.1, 0.15) is 17.5 Å². The monoisotopic (exact) mass is 379 g/mol. The van der Waals surface area contributed by atoms with Crippen LogP contribution in [-0.4, -0.2) is 56.5 Å². The summed E-state index contributed by atoms with van der Waals surface area (Å²) in [5.41, 5.74) is 3.04. The van der Waals surface area contributed by atoms with Crippen LogP contribution in [-0.2, 0) is 4.79 Å². The number of hydrogen-bond donors (Lipinski definition) is 0. The Morgan fingerprint density at radius 1 is 1.19 bits per heavy atom. The van der Waals surface area contributed by atoms with E-state index < -0.39 is 18.6 Å². The molecule has 2 heterocycles. The highest BCUT2D eigenvalue weighted by molar-refractivity contribution is 5.89. The number of hydrazine groups is 1. The maximum atomic E-state index is 12.6. The maximum Gasteiger partial charge on any atom is 0.403 e. The summed E-state index contributed by atoms with van der Waals surface area (Å²) in [5, 5.41) is 6.43. The third-order valence-corrected chi connectivity index (χ3v) is 4.10. The summed E-state index contributed by atoms with van der Waals surface area (Å²) in [7, 11) is 0. The van der Waals surface area contributed by atoms with Gasteiger partial charge in [-0.2, -0.15) is 13.2 Å². The van der Waals surface area contributed by atoms with Gasteiger partial charge < -0.3 is 0 Å². The molecular formula is C18H20F3N5O. The number of benzene rings is 1. The van der Waals surface area contributed by atoms with Gasteiger partial charge in [-0.15, -0.1) is 5.10 Å². The highest BCUT2D eigenvalue weighted by Gasteiger charge is 2.36. The Bertz CT molecular complexity index is 839. The summed E-state index contributed by atoms with van der Waals surface area (Å²) in [4.78, 5) is 16.5. The van der Waals surface area contributed by atoms with Crippen molar-refractivity contribution < 1.29 is 18.0 Å². The van der Waals surface area contributed by atoms with Gasteiger partial charge in [0.25, 0.3) is 5.91 Å². The molecule has 6 nitrogen and oxygen atoms in total. The number of aromatic nitrogens is 3. The topological polar surface area (TPSA) is 54.3 Å². The Labute approximate surface area is 154 Å². The molecule has 1 aliphatic heterocycles. The van der Waals surface area contributed by atoms with E-state index in [-0.39, 0.29) is 13.1 Å². The third-order valence-electron chi connectivity index (χ3n) is 4.10. The smallest absolute Gasteiger partial charge is 0.271 e. The van der Waals surface area contributed by atoms with Crippen molar-refractivity contribution in [3.8, 4) is 11.4 Å². The molecule has 2 aromatic rings. The highest BCUT2D eigenvalue weighted by atomic mass is 19.4. The van der Waals surface area contributed by atoms with Gasteiger partial charge in [0.05, 0.1) is 0 Å². The van der Waals surface area contributed by atoms with E-state index in [0.29, 0.717) is 12.2 Å². The number of hydrogen-bond acceptors (Lipinski definition) is 4. The quantitative estimate of drug-likeness (QED) is 0.767.